The molecular formula is C29H28BrF3N6OS. The maximum atomic E-state index is 13.1. The van der Waals surface area contributed by atoms with Gasteiger partial charge in [-0.3, -0.25) is 4.98 Å². The normalized spacial score (nSPS) is 15.7. The van der Waals surface area contributed by atoms with Crippen LogP contribution in [-0.4, -0.2) is 37.0 Å². The number of aryl methyl sites for hydroxylation is 1. The van der Waals surface area contributed by atoms with Crippen molar-refractivity contribution in [3.8, 4) is 11.4 Å². The second-order valence-electron chi connectivity index (χ2n) is 10.4. The van der Waals surface area contributed by atoms with Crippen molar-refractivity contribution in [3.05, 3.63) is 58.0 Å². The summed E-state index contributed by atoms with van der Waals surface area (Å²) in [5.74, 6) is 1.02. The van der Waals surface area contributed by atoms with Gasteiger partial charge in [0.05, 0.1) is 9.99 Å². The van der Waals surface area contributed by atoms with E-state index < -0.39 is 12.1 Å². The summed E-state index contributed by atoms with van der Waals surface area (Å²) in [6.45, 7) is 2.76. The summed E-state index contributed by atoms with van der Waals surface area (Å²) in [5, 5.41) is 14.3. The molecular weight excluding hydrogens is 617 g/mol. The molecule has 1 aliphatic heterocycles. The Morgan fingerprint density at radius 3 is 2.83 bits per heavy atom. The Hall–Kier alpha value is -3.12. The van der Waals surface area contributed by atoms with Gasteiger partial charge in [-0.1, -0.05) is 36.4 Å². The number of hydrogen-bond donors (Lipinski definition) is 1. The van der Waals surface area contributed by atoms with Crippen molar-refractivity contribution in [1.29, 1.82) is 0 Å². The lowest BCUT2D eigenvalue weighted by atomic mass is 9.96. The van der Waals surface area contributed by atoms with Crippen molar-refractivity contribution in [2.24, 2.45) is 13.0 Å². The van der Waals surface area contributed by atoms with Crippen LogP contribution in [0.4, 0.5) is 18.9 Å². The quantitative estimate of drug-likeness (QED) is 0.141. The number of rotatable bonds is 7. The molecule has 0 bridgehead atoms. The lowest BCUT2D eigenvalue weighted by Gasteiger charge is -2.14. The number of alkyl halides is 3. The molecule has 2 aromatic carbocycles. The molecule has 41 heavy (non-hydrogen) atoms. The number of unbranched alkanes of at least 4 members (excludes halogenated alkanes) is 1. The number of thioether (sulfide) groups is 1. The topological polar surface area (TPSA) is 81.7 Å². The molecule has 1 atom stereocenters. The molecule has 0 saturated heterocycles. The zero-order valence-corrected chi connectivity index (χ0v) is 25.0. The summed E-state index contributed by atoms with van der Waals surface area (Å²) in [6.07, 6.45) is 0.293. The van der Waals surface area contributed by atoms with E-state index in [4.69, 9.17) is 4.42 Å². The molecule has 3 aromatic heterocycles. The molecule has 6 rings (SSSR count). The maximum absolute atomic E-state index is 13.1. The number of halogens is 4. The Bertz CT molecular complexity index is 1730. The number of hydrogen-bond acceptors (Lipinski definition) is 7. The number of aromatic nitrogens is 5. The first-order valence-corrected chi connectivity index (χ1v) is 15.3. The largest absolute Gasteiger partial charge is 0.468 e. The van der Waals surface area contributed by atoms with E-state index in [2.05, 4.69) is 53.5 Å². The third-order valence-corrected chi connectivity index (χ3v) is 9.50. The number of anilines is 1. The highest BCUT2D eigenvalue weighted by Gasteiger charge is 2.38. The Balaban J connectivity index is 1.03. The molecule has 214 valence electrons. The van der Waals surface area contributed by atoms with Crippen molar-refractivity contribution < 1.29 is 17.6 Å². The minimum Gasteiger partial charge on any atom is -0.433 e. The monoisotopic (exact) mass is 644 g/mol. The minimum absolute atomic E-state index is 0.130. The van der Waals surface area contributed by atoms with Crippen LogP contribution in [-0.2, 0) is 19.6 Å². The van der Waals surface area contributed by atoms with E-state index in [0.717, 1.165) is 88.8 Å². The number of fused-ring (bicyclic) bond motifs is 3. The first-order valence-electron chi connectivity index (χ1n) is 13.5. The van der Waals surface area contributed by atoms with Crippen LogP contribution in [0.25, 0.3) is 33.4 Å². The molecule has 1 N–H and O–H groups in total. The Kier molecular flexibility index (Phi) is 7.71. The molecule has 4 heterocycles. The van der Waals surface area contributed by atoms with Gasteiger partial charge < -0.3 is 14.3 Å². The third kappa shape index (κ3) is 5.68. The van der Waals surface area contributed by atoms with Gasteiger partial charge in [0, 0.05) is 47.7 Å². The van der Waals surface area contributed by atoms with Crippen LogP contribution < -0.4 is 5.32 Å². The van der Waals surface area contributed by atoms with Crippen LogP contribution in [0, 0.1) is 12.8 Å². The number of benzene rings is 2. The summed E-state index contributed by atoms with van der Waals surface area (Å²) >= 11 is 5.20. The number of oxazole rings is 1. The van der Waals surface area contributed by atoms with E-state index in [0.29, 0.717) is 10.4 Å². The SMILES string of the molecule is Cc1ccc2c(-c3nnc(SCCCCC4CCc5c(cc6oc(C(F)(F)F)nc6c5Br)NC4)n3C)cccc2n1. The number of nitrogens with one attached hydrogen (secondary N) is 1. The molecule has 1 aliphatic rings. The summed E-state index contributed by atoms with van der Waals surface area (Å²) in [5.41, 5.74) is 5.06. The molecule has 0 spiro atoms. The fourth-order valence-electron chi connectivity index (χ4n) is 5.37. The van der Waals surface area contributed by atoms with Crippen molar-refractivity contribution in [3.63, 3.8) is 0 Å². The van der Waals surface area contributed by atoms with E-state index in [-0.39, 0.29) is 11.1 Å². The highest BCUT2D eigenvalue weighted by molar-refractivity contribution is 9.10. The zero-order valence-electron chi connectivity index (χ0n) is 22.6. The average molecular weight is 646 g/mol. The van der Waals surface area contributed by atoms with Crippen molar-refractivity contribution >= 4 is 55.4 Å². The minimum atomic E-state index is -4.62. The molecule has 0 saturated carbocycles. The van der Waals surface area contributed by atoms with Gasteiger partial charge in [-0.05, 0) is 72.2 Å². The van der Waals surface area contributed by atoms with Gasteiger partial charge in [-0.2, -0.15) is 13.2 Å². The molecule has 0 aliphatic carbocycles. The molecule has 5 aromatic rings. The van der Waals surface area contributed by atoms with E-state index in [9.17, 15) is 13.2 Å². The third-order valence-electron chi connectivity index (χ3n) is 7.54. The number of nitrogens with zero attached hydrogens (tertiary/aromatic N) is 5. The van der Waals surface area contributed by atoms with E-state index in [1.807, 2.05) is 36.7 Å². The van der Waals surface area contributed by atoms with Crippen LogP contribution >= 0.6 is 27.7 Å². The smallest absolute Gasteiger partial charge is 0.433 e. The van der Waals surface area contributed by atoms with Gasteiger partial charge in [0.25, 0.3) is 0 Å². The van der Waals surface area contributed by atoms with Gasteiger partial charge in [0.2, 0.25) is 0 Å². The molecule has 12 heteroatoms. The standard InChI is InChI=1S/C29H28BrF3N6OS/c1-16-9-11-18-19(7-5-8-21(18)35-16)26-37-38-28(39(26)2)41-13-4-3-6-17-10-12-20-22(34-15-17)14-23-25(24(20)30)36-27(40-23)29(31,32)33/h5,7-9,11,14,17,34H,3-4,6,10,12-13,15H2,1-2H3. The summed E-state index contributed by atoms with van der Waals surface area (Å²) in [4.78, 5) is 8.33. The van der Waals surface area contributed by atoms with Crippen LogP contribution in [0.2, 0.25) is 0 Å². The lowest BCUT2D eigenvalue weighted by molar-refractivity contribution is -0.156. The average Bonchev–Trinajstić information content (AvgIpc) is 3.47. The first-order chi connectivity index (χ1) is 19.7. The predicted molar refractivity (Wildman–Crippen MR) is 158 cm³/mol. The summed E-state index contributed by atoms with van der Waals surface area (Å²) in [6, 6.07) is 11.8. The van der Waals surface area contributed by atoms with Crippen LogP contribution in [0.15, 0.2) is 50.4 Å². The first kappa shape index (κ1) is 28.0. The second-order valence-corrected chi connectivity index (χ2v) is 12.3. The molecule has 0 amide bonds. The Morgan fingerprint density at radius 2 is 2.00 bits per heavy atom. The van der Waals surface area contributed by atoms with Crippen LogP contribution in [0.3, 0.4) is 0 Å². The maximum Gasteiger partial charge on any atom is 0.468 e. The Morgan fingerprint density at radius 1 is 1.15 bits per heavy atom. The van der Waals surface area contributed by atoms with Gasteiger partial charge in [-0.15, -0.1) is 10.2 Å². The van der Waals surface area contributed by atoms with E-state index in [1.54, 1.807) is 17.8 Å². The molecule has 7 nitrogen and oxygen atoms in total. The van der Waals surface area contributed by atoms with Crippen molar-refractivity contribution in [2.75, 3.05) is 17.6 Å². The summed E-state index contributed by atoms with van der Waals surface area (Å²) < 4.78 is 46.9. The van der Waals surface area contributed by atoms with Crippen LogP contribution in [0.5, 0.6) is 0 Å². The van der Waals surface area contributed by atoms with Gasteiger partial charge in [-0.25, -0.2) is 4.98 Å². The summed E-state index contributed by atoms with van der Waals surface area (Å²) in [7, 11) is 2.00. The lowest BCUT2D eigenvalue weighted by Crippen LogP contribution is -2.12. The fourth-order valence-corrected chi connectivity index (χ4v) is 6.97. The highest BCUT2D eigenvalue weighted by Crippen LogP contribution is 2.40. The van der Waals surface area contributed by atoms with E-state index in [1.165, 1.54) is 0 Å². The zero-order chi connectivity index (χ0) is 28.7. The second kappa shape index (κ2) is 11.3. The number of pyridine rings is 1. The van der Waals surface area contributed by atoms with Gasteiger partial charge in [0.1, 0.15) is 5.52 Å². The fraction of sp³-hybridized carbons (Fsp3) is 0.379. The van der Waals surface area contributed by atoms with Gasteiger partial charge in [0.15, 0.2) is 16.6 Å². The molecule has 0 radical (unpaired) electrons. The predicted octanol–water partition coefficient (Wildman–Crippen LogP) is 8.20. The highest BCUT2D eigenvalue weighted by atomic mass is 79.9. The van der Waals surface area contributed by atoms with Gasteiger partial charge >= 0.3 is 12.1 Å². The van der Waals surface area contributed by atoms with Crippen molar-refractivity contribution in [1.82, 2.24) is 24.7 Å². The molecule has 0 fully saturated rings. The Labute approximate surface area is 247 Å². The molecule has 1 unspecified atom stereocenters. The van der Waals surface area contributed by atoms with Crippen LogP contribution in [0.1, 0.15) is 42.8 Å². The van der Waals surface area contributed by atoms with E-state index >= 15 is 0 Å². The van der Waals surface area contributed by atoms with Crippen molar-refractivity contribution in [2.45, 2.75) is 50.4 Å².